The third kappa shape index (κ3) is 4.34. The van der Waals surface area contributed by atoms with Gasteiger partial charge in [0.2, 0.25) is 5.95 Å². The molecular weight excluding hydrogens is 288 g/mol. The van der Waals surface area contributed by atoms with Crippen LogP contribution in [0.3, 0.4) is 0 Å². The SMILES string of the molecule is COc1ccccc1Nc1nccc(NC2CCCCCC2)n1. The van der Waals surface area contributed by atoms with Crippen LogP contribution in [0.5, 0.6) is 5.75 Å². The Morgan fingerprint density at radius 3 is 2.61 bits per heavy atom. The highest BCUT2D eigenvalue weighted by molar-refractivity contribution is 5.62. The van der Waals surface area contributed by atoms with Crippen molar-refractivity contribution >= 4 is 17.5 Å². The van der Waals surface area contributed by atoms with Crippen LogP contribution in [0.2, 0.25) is 0 Å². The van der Waals surface area contributed by atoms with E-state index in [9.17, 15) is 0 Å². The fraction of sp³-hybridized carbons (Fsp3) is 0.444. The second-order valence-electron chi connectivity index (χ2n) is 5.92. The van der Waals surface area contributed by atoms with E-state index in [1.165, 1.54) is 38.5 Å². The highest BCUT2D eigenvalue weighted by atomic mass is 16.5. The Kier molecular flexibility index (Phi) is 5.29. The quantitative estimate of drug-likeness (QED) is 0.803. The van der Waals surface area contributed by atoms with Crippen molar-refractivity contribution in [2.75, 3.05) is 17.7 Å². The van der Waals surface area contributed by atoms with E-state index >= 15 is 0 Å². The van der Waals surface area contributed by atoms with Gasteiger partial charge in [0.25, 0.3) is 0 Å². The molecule has 0 radical (unpaired) electrons. The van der Waals surface area contributed by atoms with Crippen LogP contribution in [0, 0.1) is 0 Å². The smallest absolute Gasteiger partial charge is 0.229 e. The molecule has 0 spiro atoms. The largest absolute Gasteiger partial charge is 0.495 e. The Morgan fingerprint density at radius 1 is 1.04 bits per heavy atom. The summed E-state index contributed by atoms with van der Waals surface area (Å²) in [5.74, 6) is 2.23. The second kappa shape index (κ2) is 7.81. The molecular formula is C18H24N4O. The maximum absolute atomic E-state index is 5.35. The summed E-state index contributed by atoms with van der Waals surface area (Å²) in [6.45, 7) is 0. The van der Waals surface area contributed by atoms with Crippen LogP contribution in [-0.4, -0.2) is 23.1 Å². The van der Waals surface area contributed by atoms with Gasteiger partial charge in [-0.3, -0.25) is 0 Å². The summed E-state index contributed by atoms with van der Waals surface area (Å²) in [6, 6.07) is 10.2. The fourth-order valence-electron chi connectivity index (χ4n) is 3.00. The molecule has 5 nitrogen and oxygen atoms in total. The first-order chi connectivity index (χ1) is 11.3. The molecule has 2 aromatic rings. The molecule has 1 aliphatic rings. The van der Waals surface area contributed by atoms with Crippen molar-refractivity contribution < 1.29 is 4.74 Å². The number of rotatable bonds is 5. The molecule has 5 heteroatoms. The highest BCUT2D eigenvalue weighted by Gasteiger charge is 2.13. The molecule has 1 aromatic carbocycles. The lowest BCUT2D eigenvalue weighted by Crippen LogP contribution is -2.19. The van der Waals surface area contributed by atoms with Gasteiger partial charge in [-0.25, -0.2) is 4.98 Å². The number of anilines is 3. The van der Waals surface area contributed by atoms with E-state index < -0.39 is 0 Å². The van der Waals surface area contributed by atoms with Crippen LogP contribution in [0.4, 0.5) is 17.5 Å². The first kappa shape index (κ1) is 15.6. The number of nitrogens with one attached hydrogen (secondary N) is 2. The summed E-state index contributed by atoms with van der Waals surface area (Å²) in [5.41, 5.74) is 0.863. The van der Waals surface area contributed by atoms with Crippen LogP contribution in [0.15, 0.2) is 36.5 Å². The molecule has 2 N–H and O–H groups in total. The first-order valence-electron chi connectivity index (χ1n) is 8.35. The zero-order chi connectivity index (χ0) is 15.9. The molecule has 1 fully saturated rings. The van der Waals surface area contributed by atoms with Crippen LogP contribution in [0.25, 0.3) is 0 Å². The number of hydrogen-bond donors (Lipinski definition) is 2. The lowest BCUT2D eigenvalue weighted by Gasteiger charge is -2.17. The summed E-state index contributed by atoms with van der Waals surface area (Å²) in [4.78, 5) is 8.88. The van der Waals surface area contributed by atoms with Gasteiger partial charge in [0.05, 0.1) is 12.8 Å². The predicted octanol–water partition coefficient (Wildman–Crippen LogP) is 4.36. The molecule has 1 aromatic heterocycles. The molecule has 1 heterocycles. The standard InChI is InChI=1S/C18H24N4O/c1-23-16-11-7-6-10-15(16)21-18-19-13-12-17(22-18)20-14-8-4-2-3-5-9-14/h6-7,10-14H,2-5,8-9H2,1H3,(H2,19,20,21,22). The molecule has 0 atom stereocenters. The van der Waals surface area contributed by atoms with E-state index in [4.69, 9.17) is 4.74 Å². The Hall–Kier alpha value is -2.30. The van der Waals surface area contributed by atoms with Crippen molar-refractivity contribution in [2.45, 2.75) is 44.6 Å². The van der Waals surface area contributed by atoms with Gasteiger partial charge in [0.15, 0.2) is 0 Å². The Labute approximate surface area is 137 Å². The van der Waals surface area contributed by atoms with Crippen LogP contribution in [-0.2, 0) is 0 Å². The molecule has 0 saturated heterocycles. The van der Waals surface area contributed by atoms with Crippen molar-refractivity contribution in [2.24, 2.45) is 0 Å². The molecule has 0 aliphatic heterocycles. The van der Waals surface area contributed by atoms with Gasteiger partial charge < -0.3 is 15.4 Å². The van der Waals surface area contributed by atoms with Gasteiger partial charge in [-0.05, 0) is 31.0 Å². The summed E-state index contributed by atoms with van der Waals surface area (Å²) in [6.07, 6.45) is 9.53. The van der Waals surface area contributed by atoms with Crippen LogP contribution in [0.1, 0.15) is 38.5 Å². The van der Waals surface area contributed by atoms with E-state index in [2.05, 4.69) is 20.6 Å². The number of hydrogen-bond acceptors (Lipinski definition) is 5. The second-order valence-corrected chi connectivity index (χ2v) is 5.92. The lowest BCUT2D eigenvalue weighted by molar-refractivity contribution is 0.417. The molecule has 0 bridgehead atoms. The minimum atomic E-state index is 0.520. The molecule has 3 rings (SSSR count). The normalized spacial score (nSPS) is 15.7. The molecule has 122 valence electrons. The molecule has 0 unspecified atom stereocenters. The third-order valence-corrected chi connectivity index (χ3v) is 4.22. The van der Waals surface area contributed by atoms with Crippen LogP contribution >= 0.6 is 0 Å². The number of para-hydroxylation sites is 2. The van der Waals surface area contributed by atoms with Crippen molar-refractivity contribution in [3.05, 3.63) is 36.5 Å². The van der Waals surface area contributed by atoms with Gasteiger partial charge in [0, 0.05) is 12.2 Å². The Morgan fingerprint density at radius 2 is 1.83 bits per heavy atom. The maximum Gasteiger partial charge on any atom is 0.229 e. The highest BCUT2D eigenvalue weighted by Crippen LogP contribution is 2.26. The number of methoxy groups -OCH3 is 1. The summed E-state index contributed by atoms with van der Waals surface area (Å²) < 4.78 is 5.35. The maximum atomic E-state index is 5.35. The van der Waals surface area contributed by atoms with Crippen molar-refractivity contribution in [3.8, 4) is 5.75 Å². The number of ether oxygens (including phenoxy) is 1. The van der Waals surface area contributed by atoms with Gasteiger partial charge in [-0.15, -0.1) is 0 Å². The van der Waals surface area contributed by atoms with E-state index in [0.717, 1.165) is 17.3 Å². The summed E-state index contributed by atoms with van der Waals surface area (Å²) >= 11 is 0. The predicted molar refractivity (Wildman–Crippen MR) is 93.4 cm³/mol. The monoisotopic (exact) mass is 312 g/mol. The first-order valence-corrected chi connectivity index (χ1v) is 8.35. The topological polar surface area (TPSA) is 59.1 Å². The lowest BCUT2D eigenvalue weighted by atomic mass is 10.1. The fourth-order valence-corrected chi connectivity index (χ4v) is 3.00. The van der Waals surface area contributed by atoms with Crippen LogP contribution < -0.4 is 15.4 Å². The molecule has 1 saturated carbocycles. The van der Waals surface area contributed by atoms with Gasteiger partial charge in [-0.1, -0.05) is 37.8 Å². The Balaban J connectivity index is 1.69. The van der Waals surface area contributed by atoms with E-state index in [1.807, 2.05) is 30.3 Å². The van der Waals surface area contributed by atoms with Gasteiger partial charge in [-0.2, -0.15) is 4.98 Å². The third-order valence-electron chi connectivity index (χ3n) is 4.22. The minimum absolute atomic E-state index is 0.520. The summed E-state index contributed by atoms with van der Waals surface area (Å²) in [7, 11) is 1.66. The molecule has 0 amide bonds. The number of benzene rings is 1. The van der Waals surface area contributed by atoms with Crippen molar-refractivity contribution in [3.63, 3.8) is 0 Å². The Bertz CT molecular complexity index is 624. The number of nitrogens with zero attached hydrogens (tertiary/aromatic N) is 2. The molecule has 1 aliphatic carbocycles. The van der Waals surface area contributed by atoms with E-state index in [-0.39, 0.29) is 0 Å². The molecule has 23 heavy (non-hydrogen) atoms. The van der Waals surface area contributed by atoms with Gasteiger partial charge in [0.1, 0.15) is 11.6 Å². The zero-order valence-electron chi connectivity index (χ0n) is 13.6. The van der Waals surface area contributed by atoms with E-state index in [1.54, 1.807) is 13.3 Å². The zero-order valence-corrected chi connectivity index (χ0v) is 13.6. The van der Waals surface area contributed by atoms with Crippen molar-refractivity contribution in [1.82, 2.24) is 9.97 Å². The average Bonchev–Trinajstić information content (AvgIpc) is 2.84. The van der Waals surface area contributed by atoms with Gasteiger partial charge >= 0.3 is 0 Å². The average molecular weight is 312 g/mol. The van der Waals surface area contributed by atoms with Crippen molar-refractivity contribution in [1.29, 1.82) is 0 Å². The van der Waals surface area contributed by atoms with E-state index in [0.29, 0.717) is 12.0 Å². The summed E-state index contributed by atoms with van der Waals surface area (Å²) in [5, 5.41) is 6.78. The minimum Gasteiger partial charge on any atom is -0.495 e. The number of aromatic nitrogens is 2.